The van der Waals surface area contributed by atoms with E-state index in [4.69, 9.17) is 0 Å². The summed E-state index contributed by atoms with van der Waals surface area (Å²) < 4.78 is 0. The maximum absolute atomic E-state index is 9.29. The zero-order chi connectivity index (χ0) is 26.2. The van der Waals surface area contributed by atoms with Crippen molar-refractivity contribution in [3.63, 3.8) is 0 Å². The van der Waals surface area contributed by atoms with Crippen molar-refractivity contribution in [2.24, 2.45) is 0 Å². The summed E-state index contributed by atoms with van der Waals surface area (Å²) in [6.07, 6.45) is 11.2. The van der Waals surface area contributed by atoms with Gasteiger partial charge >= 0.3 is 58.4 Å². The monoisotopic (exact) mass is 718 g/mol. The molecule has 0 saturated heterocycles. The van der Waals surface area contributed by atoms with Gasteiger partial charge in [-0.15, -0.1) is 0 Å². The Morgan fingerprint density at radius 2 is 0.842 bits per heavy atom. The molecule has 0 aliphatic carbocycles. The minimum atomic E-state index is -3.72. The Kier molecular flexibility index (Phi) is 38.2. The molecule has 194 valence electrons. The van der Waals surface area contributed by atoms with Gasteiger partial charge in [-0.2, -0.15) is 119 Å². The molecular formula is C30H39O2PS2Zn3. The first kappa shape index (κ1) is 45.4. The van der Waals surface area contributed by atoms with Crippen molar-refractivity contribution >= 4 is 29.7 Å². The number of benzene rings is 3. The summed E-state index contributed by atoms with van der Waals surface area (Å²) in [5, 5.41) is 0. The molecular weight excluding hydrogens is 684 g/mol. The smallest absolute Gasteiger partial charge is 0.850 e. The van der Waals surface area contributed by atoms with Gasteiger partial charge in [0.25, 0.3) is 0 Å². The van der Waals surface area contributed by atoms with E-state index in [0.29, 0.717) is 0 Å². The zero-order valence-electron chi connectivity index (χ0n) is 23.5. The van der Waals surface area contributed by atoms with Crippen molar-refractivity contribution in [3.05, 3.63) is 108 Å². The van der Waals surface area contributed by atoms with Crippen LogP contribution in [0.5, 0.6) is 0 Å². The van der Waals surface area contributed by atoms with Crippen molar-refractivity contribution in [2.45, 2.75) is 78.6 Å². The van der Waals surface area contributed by atoms with E-state index >= 15 is 0 Å². The van der Waals surface area contributed by atoms with Crippen LogP contribution in [0.2, 0.25) is 0 Å². The summed E-state index contributed by atoms with van der Waals surface area (Å²) in [5.74, 6) is 0. The fourth-order valence-corrected chi connectivity index (χ4v) is 2.86. The number of hydrogen-bond donors (Lipinski definition) is 0. The third kappa shape index (κ3) is 34.5. The molecule has 8 heteroatoms. The molecule has 3 aromatic carbocycles. The van der Waals surface area contributed by atoms with Gasteiger partial charge in [-0.3, -0.25) is 0 Å². The summed E-state index contributed by atoms with van der Waals surface area (Å²) in [5.41, 5.74) is 0.290. The molecule has 0 saturated carbocycles. The van der Waals surface area contributed by atoms with E-state index in [0.717, 1.165) is 0 Å². The molecule has 0 unspecified atom stereocenters. The average molecular weight is 723 g/mol. The van der Waals surface area contributed by atoms with Gasteiger partial charge in [-0.1, -0.05) is 78.6 Å². The van der Waals surface area contributed by atoms with Crippen LogP contribution in [0.4, 0.5) is 0 Å². The van der Waals surface area contributed by atoms with Crippen LogP contribution in [0.3, 0.4) is 0 Å². The van der Waals surface area contributed by atoms with Gasteiger partial charge in [-0.05, 0) is 0 Å². The quantitative estimate of drug-likeness (QED) is 0.104. The van der Waals surface area contributed by atoms with Crippen LogP contribution < -0.4 is 9.79 Å². The molecule has 0 fully saturated rings. The second-order valence-corrected chi connectivity index (χ2v) is 12.4. The summed E-state index contributed by atoms with van der Waals surface area (Å²) in [6.45, 7) is 6.63. The Morgan fingerprint density at radius 3 is 1.00 bits per heavy atom. The predicted octanol–water partition coefficient (Wildman–Crippen LogP) is 6.96. The molecule has 3 rings (SSSR count). The summed E-state index contributed by atoms with van der Waals surface area (Å²) in [6, 6.07) is 34.2. The van der Waals surface area contributed by atoms with Crippen LogP contribution in [0.15, 0.2) is 72.8 Å². The van der Waals surface area contributed by atoms with Gasteiger partial charge < -0.3 is 27.7 Å². The Balaban J connectivity index is -0.000000203. The second-order valence-electron chi connectivity index (χ2n) is 7.92. The molecule has 2 nitrogen and oxygen atoms in total. The van der Waals surface area contributed by atoms with Crippen LogP contribution >= 0.6 is 5.69 Å². The molecule has 0 N–H and O–H groups in total. The largest absolute Gasteiger partial charge is 2.00 e. The standard InChI is InChI=1S/3C10H13.H3O2PS2.3Zn/c3*1-2-3-7-10-8-5-4-6-9-10;1-3(2,4)5;;;/h3*4-6,8H,2-3,7H2,1H3;(H3,1,2,4,5);;;/q3*-1;;3*+2/p-3. The van der Waals surface area contributed by atoms with Crippen LogP contribution in [0.1, 0.15) is 76.0 Å². The van der Waals surface area contributed by atoms with Gasteiger partial charge in [-0.25, -0.2) is 0 Å². The average Bonchev–Trinajstić information content (AvgIpc) is 2.87. The fourth-order valence-electron chi connectivity index (χ4n) is 2.86. The van der Waals surface area contributed by atoms with Gasteiger partial charge in [0.1, 0.15) is 0 Å². The molecule has 0 aromatic heterocycles. The molecule has 38 heavy (non-hydrogen) atoms. The van der Waals surface area contributed by atoms with E-state index in [1.54, 1.807) is 0 Å². The normalized spacial score (nSPS) is 9.21. The molecule has 0 aliphatic rings. The third-order valence-corrected chi connectivity index (χ3v) is 4.72. The van der Waals surface area contributed by atoms with Crippen LogP contribution in [-0.4, -0.2) is 0 Å². The minimum absolute atomic E-state index is 0. The van der Waals surface area contributed by atoms with Gasteiger partial charge in [0.2, 0.25) is 0 Å². The second kappa shape index (κ2) is 32.0. The molecule has 0 atom stereocenters. The molecule has 0 spiro atoms. The summed E-state index contributed by atoms with van der Waals surface area (Å²) in [4.78, 5) is 18.6. The number of hydrogen-bond acceptors (Lipinski definition) is 4. The number of aryl methyl sites for hydroxylation is 3. The number of unbranched alkanes of at least 4 members (excludes halogenated alkanes) is 3. The first-order valence-electron chi connectivity index (χ1n) is 12.4. The van der Waals surface area contributed by atoms with E-state index in [1.165, 1.54) is 74.5 Å². The first-order valence-corrected chi connectivity index (χ1v) is 16.0. The molecule has 0 amide bonds. The maximum atomic E-state index is 9.29. The topological polar surface area (TPSA) is 46.1 Å². The summed E-state index contributed by atoms with van der Waals surface area (Å²) in [7, 11) is 0. The van der Waals surface area contributed by atoms with E-state index in [9.17, 15) is 9.79 Å². The summed E-state index contributed by atoms with van der Waals surface area (Å²) >= 11 is 7.28. The molecule has 3 aromatic rings. The van der Waals surface area contributed by atoms with E-state index in [-0.39, 0.29) is 58.4 Å². The van der Waals surface area contributed by atoms with Crippen molar-refractivity contribution in [1.29, 1.82) is 0 Å². The van der Waals surface area contributed by atoms with Crippen LogP contribution in [0.25, 0.3) is 0 Å². The van der Waals surface area contributed by atoms with E-state index in [1.807, 2.05) is 36.4 Å². The molecule has 0 heterocycles. The Morgan fingerprint density at radius 1 is 0.605 bits per heavy atom. The van der Waals surface area contributed by atoms with Crippen molar-refractivity contribution < 1.29 is 68.2 Å². The zero-order valence-corrected chi connectivity index (χ0v) is 34.9. The predicted molar refractivity (Wildman–Crippen MR) is 153 cm³/mol. The van der Waals surface area contributed by atoms with Gasteiger partial charge in [0.05, 0.1) is 0 Å². The van der Waals surface area contributed by atoms with Crippen LogP contribution in [0, 0.1) is 18.2 Å². The Bertz CT molecular complexity index is 772. The number of rotatable bonds is 9. The molecule has 0 aliphatic heterocycles. The van der Waals surface area contributed by atoms with Crippen molar-refractivity contribution in [2.75, 3.05) is 0 Å². The van der Waals surface area contributed by atoms with E-state index in [2.05, 4.69) is 99.4 Å². The van der Waals surface area contributed by atoms with Crippen LogP contribution in [-0.2, 0) is 102 Å². The van der Waals surface area contributed by atoms with Gasteiger partial charge in [0, 0.05) is 0 Å². The Labute approximate surface area is 281 Å². The van der Waals surface area contributed by atoms with Gasteiger partial charge in [0.15, 0.2) is 0 Å². The molecule has 0 radical (unpaired) electrons. The first-order chi connectivity index (χ1) is 16.8. The maximum Gasteiger partial charge on any atom is 2.00 e. The third-order valence-electron chi connectivity index (χ3n) is 4.72. The van der Waals surface area contributed by atoms with E-state index < -0.39 is 5.69 Å². The molecule has 0 bridgehead atoms. The van der Waals surface area contributed by atoms with Crippen molar-refractivity contribution in [1.82, 2.24) is 0 Å². The van der Waals surface area contributed by atoms with Crippen molar-refractivity contribution in [3.8, 4) is 0 Å². The fraction of sp³-hybridized carbons (Fsp3) is 0.400. The Hall–Kier alpha value is 0.450. The SMILES string of the molecule is CCCCc1[c-]cccc1.CCCCc1[c-]cccc1.CCCCc1[c-]cccc1.[O-]P([O-])(=S)[S-].[Zn+2].[Zn+2].[Zn+2]. The minimum Gasteiger partial charge on any atom is -0.850 e.